The van der Waals surface area contributed by atoms with Gasteiger partial charge in [-0.25, -0.2) is 12.8 Å². The number of rotatable bonds is 3. The van der Waals surface area contributed by atoms with Crippen LogP contribution in [-0.2, 0) is 10.0 Å². The van der Waals surface area contributed by atoms with Crippen LogP contribution in [0.4, 0.5) is 4.39 Å². The van der Waals surface area contributed by atoms with Crippen LogP contribution in [0.1, 0.15) is 25.7 Å². The second-order valence-corrected chi connectivity index (χ2v) is 8.78. The fourth-order valence-electron chi connectivity index (χ4n) is 3.46. The summed E-state index contributed by atoms with van der Waals surface area (Å²) in [6.45, 7) is 2.15. The first-order valence-corrected chi connectivity index (χ1v) is 9.90. The van der Waals surface area contributed by atoms with E-state index in [1.54, 1.807) is 0 Å². The van der Waals surface area contributed by atoms with Gasteiger partial charge in [-0.3, -0.25) is 0 Å². The lowest BCUT2D eigenvalue weighted by Crippen LogP contribution is -2.43. The molecule has 2 aliphatic rings. The second-order valence-electron chi connectivity index (χ2n) is 6.02. The first-order valence-electron chi connectivity index (χ1n) is 7.67. The molecule has 0 spiro atoms. The van der Waals surface area contributed by atoms with Crippen molar-refractivity contribution in [3.8, 4) is 0 Å². The van der Waals surface area contributed by atoms with Gasteiger partial charge in [0.15, 0.2) is 0 Å². The van der Waals surface area contributed by atoms with Crippen molar-refractivity contribution in [1.82, 2.24) is 9.62 Å². The smallest absolute Gasteiger partial charge is 0.244 e. The number of halogens is 3. The Labute approximate surface area is 151 Å². The Hall–Kier alpha value is -0.210. The van der Waals surface area contributed by atoms with Crippen LogP contribution in [0, 0.1) is 11.7 Å². The highest BCUT2D eigenvalue weighted by Crippen LogP contribution is 2.31. The number of benzene rings is 1. The molecule has 2 fully saturated rings. The van der Waals surface area contributed by atoms with E-state index in [2.05, 4.69) is 21.2 Å². The van der Waals surface area contributed by atoms with Crippen LogP contribution in [0.15, 0.2) is 27.6 Å². The van der Waals surface area contributed by atoms with Crippen molar-refractivity contribution < 1.29 is 12.8 Å². The lowest BCUT2D eigenvalue weighted by Gasteiger charge is -2.34. The first-order chi connectivity index (χ1) is 10.5. The van der Waals surface area contributed by atoms with Gasteiger partial charge in [0, 0.05) is 23.6 Å². The van der Waals surface area contributed by atoms with Crippen LogP contribution in [0.2, 0.25) is 0 Å². The standard InChI is InChI=1S/C15H20BrFN2O2S.ClH/c16-13-10-12(17)3-4-15(13)22(20,21)19-8-5-11(6-9-19)14-2-1-7-18-14;/h3-4,10-11,14,18H,1-2,5-9H2;1H. The van der Waals surface area contributed by atoms with Crippen molar-refractivity contribution in [2.75, 3.05) is 19.6 Å². The maximum absolute atomic E-state index is 13.2. The summed E-state index contributed by atoms with van der Waals surface area (Å²) in [5, 5.41) is 3.51. The predicted molar refractivity (Wildman–Crippen MR) is 93.9 cm³/mol. The van der Waals surface area contributed by atoms with E-state index in [0.29, 0.717) is 25.0 Å². The van der Waals surface area contributed by atoms with Crippen molar-refractivity contribution in [3.05, 3.63) is 28.5 Å². The Balaban J connectivity index is 0.00000192. The Morgan fingerprint density at radius 1 is 1.22 bits per heavy atom. The molecule has 2 heterocycles. The number of nitrogens with one attached hydrogen (secondary N) is 1. The average molecular weight is 428 g/mol. The molecule has 0 aromatic heterocycles. The van der Waals surface area contributed by atoms with Crippen molar-refractivity contribution >= 4 is 38.4 Å². The van der Waals surface area contributed by atoms with Gasteiger partial charge >= 0.3 is 0 Å². The van der Waals surface area contributed by atoms with Crippen LogP contribution < -0.4 is 5.32 Å². The molecular formula is C15H21BrClFN2O2S. The molecule has 4 nitrogen and oxygen atoms in total. The van der Waals surface area contributed by atoms with E-state index >= 15 is 0 Å². The number of piperidine rings is 1. The highest BCUT2D eigenvalue weighted by atomic mass is 79.9. The molecule has 1 N–H and O–H groups in total. The number of hydrogen-bond donors (Lipinski definition) is 1. The van der Waals surface area contributed by atoms with Gasteiger partial charge in [-0.1, -0.05) is 0 Å². The summed E-state index contributed by atoms with van der Waals surface area (Å²) in [7, 11) is -3.56. The van der Waals surface area contributed by atoms with Gasteiger partial charge in [-0.05, 0) is 72.3 Å². The molecule has 1 atom stereocenters. The quantitative estimate of drug-likeness (QED) is 0.806. The molecule has 0 radical (unpaired) electrons. The minimum absolute atomic E-state index is 0. The minimum atomic E-state index is -3.56. The van der Waals surface area contributed by atoms with Crippen molar-refractivity contribution in [2.45, 2.75) is 36.6 Å². The van der Waals surface area contributed by atoms with Crippen LogP contribution in [0.5, 0.6) is 0 Å². The van der Waals surface area contributed by atoms with E-state index in [1.807, 2.05) is 0 Å². The number of nitrogens with zero attached hydrogens (tertiary/aromatic N) is 1. The third-order valence-electron chi connectivity index (χ3n) is 4.68. The number of sulfonamides is 1. The van der Waals surface area contributed by atoms with Crippen LogP contribution in [-0.4, -0.2) is 38.4 Å². The zero-order valence-electron chi connectivity index (χ0n) is 12.7. The maximum atomic E-state index is 13.2. The van der Waals surface area contributed by atoms with Gasteiger partial charge in [0.1, 0.15) is 5.82 Å². The Morgan fingerprint density at radius 2 is 1.91 bits per heavy atom. The van der Waals surface area contributed by atoms with Gasteiger partial charge in [0.25, 0.3) is 0 Å². The Morgan fingerprint density at radius 3 is 2.48 bits per heavy atom. The molecule has 0 saturated carbocycles. The molecule has 0 aliphatic carbocycles. The van der Waals surface area contributed by atoms with Crippen molar-refractivity contribution in [2.24, 2.45) is 5.92 Å². The summed E-state index contributed by atoms with van der Waals surface area (Å²) in [5.74, 6) is 0.113. The van der Waals surface area contributed by atoms with Crippen molar-refractivity contribution in [3.63, 3.8) is 0 Å². The molecule has 1 unspecified atom stereocenters. The summed E-state index contributed by atoms with van der Waals surface area (Å²) in [6.07, 6.45) is 4.18. The van der Waals surface area contributed by atoms with E-state index < -0.39 is 15.8 Å². The highest BCUT2D eigenvalue weighted by molar-refractivity contribution is 9.10. The summed E-state index contributed by atoms with van der Waals surface area (Å²) < 4.78 is 40.4. The molecule has 2 saturated heterocycles. The fourth-order valence-corrected chi connectivity index (χ4v) is 5.94. The third-order valence-corrected chi connectivity index (χ3v) is 7.55. The topological polar surface area (TPSA) is 49.4 Å². The zero-order chi connectivity index (χ0) is 15.7. The molecule has 1 aromatic carbocycles. The minimum Gasteiger partial charge on any atom is -0.314 e. The molecule has 130 valence electrons. The summed E-state index contributed by atoms with van der Waals surface area (Å²) in [6, 6.07) is 4.26. The fraction of sp³-hybridized carbons (Fsp3) is 0.600. The Bertz CT molecular complexity index is 645. The molecule has 8 heteroatoms. The van der Waals surface area contributed by atoms with E-state index in [4.69, 9.17) is 0 Å². The first kappa shape index (κ1) is 19.1. The monoisotopic (exact) mass is 426 g/mol. The number of hydrogen-bond acceptors (Lipinski definition) is 3. The molecule has 1 aromatic rings. The van der Waals surface area contributed by atoms with E-state index in [1.165, 1.54) is 35.3 Å². The predicted octanol–water partition coefficient (Wildman–Crippen LogP) is 3.16. The molecule has 2 aliphatic heterocycles. The van der Waals surface area contributed by atoms with Gasteiger partial charge in [-0.2, -0.15) is 4.31 Å². The van der Waals surface area contributed by atoms with Crippen LogP contribution in [0.25, 0.3) is 0 Å². The molecule has 0 bridgehead atoms. The lowest BCUT2D eigenvalue weighted by molar-refractivity contribution is 0.234. The van der Waals surface area contributed by atoms with E-state index in [-0.39, 0.29) is 21.8 Å². The van der Waals surface area contributed by atoms with Gasteiger partial charge < -0.3 is 5.32 Å². The highest BCUT2D eigenvalue weighted by Gasteiger charge is 2.34. The largest absolute Gasteiger partial charge is 0.314 e. The van der Waals surface area contributed by atoms with E-state index in [9.17, 15) is 12.8 Å². The average Bonchev–Trinajstić information content (AvgIpc) is 3.01. The van der Waals surface area contributed by atoms with Crippen LogP contribution in [0.3, 0.4) is 0 Å². The molecule has 23 heavy (non-hydrogen) atoms. The van der Waals surface area contributed by atoms with Gasteiger partial charge in [0.2, 0.25) is 10.0 Å². The summed E-state index contributed by atoms with van der Waals surface area (Å²) in [5.41, 5.74) is 0. The lowest BCUT2D eigenvalue weighted by atomic mass is 9.89. The van der Waals surface area contributed by atoms with Crippen LogP contribution >= 0.6 is 28.3 Å². The third kappa shape index (κ3) is 4.07. The van der Waals surface area contributed by atoms with Gasteiger partial charge in [0.05, 0.1) is 4.90 Å². The Kier molecular flexibility index (Phi) is 6.47. The molecule has 0 amide bonds. The second kappa shape index (κ2) is 7.78. The normalized spacial score (nSPS) is 23.7. The van der Waals surface area contributed by atoms with E-state index in [0.717, 1.165) is 19.4 Å². The summed E-state index contributed by atoms with van der Waals surface area (Å²) >= 11 is 3.16. The van der Waals surface area contributed by atoms with Crippen molar-refractivity contribution in [1.29, 1.82) is 0 Å². The molecule has 3 rings (SSSR count). The SMILES string of the molecule is Cl.O=S(=O)(c1ccc(F)cc1Br)N1CCC(C2CCCN2)CC1. The zero-order valence-corrected chi connectivity index (χ0v) is 15.9. The molecular weight excluding hydrogens is 407 g/mol. The summed E-state index contributed by atoms with van der Waals surface area (Å²) in [4.78, 5) is 0.145. The van der Waals surface area contributed by atoms with Gasteiger partial charge in [-0.15, -0.1) is 12.4 Å². The maximum Gasteiger partial charge on any atom is 0.244 e.